The first-order chi connectivity index (χ1) is 7.20. The maximum absolute atomic E-state index is 10.9. The van der Waals surface area contributed by atoms with E-state index in [4.69, 9.17) is 14.6 Å². The van der Waals surface area contributed by atoms with Crippen molar-refractivity contribution in [2.24, 2.45) is 0 Å². The molecule has 80 valence electrons. The average molecular weight is 208 g/mol. The lowest BCUT2D eigenvalue weighted by Gasteiger charge is -2.08. The van der Waals surface area contributed by atoms with Crippen molar-refractivity contribution in [2.75, 3.05) is 7.11 Å². The Morgan fingerprint density at radius 2 is 2.20 bits per heavy atom. The third-order valence-electron chi connectivity index (χ3n) is 2.23. The zero-order chi connectivity index (χ0) is 10.8. The van der Waals surface area contributed by atoms with E-state index >= 15 is 0 Å². The molecule has 0 radical (unpaired) electrons. The van der Waals surface area contributed by atoms with Crippen molar-refractivity contribution in [3.8, 4) is 11.5 Å². The number of benzene rings is 1. The number of aromatic carboxylic acids is 1. The maximum Gasteiger partial charge on any atom is 0.339 e. The summed E-state index contributed by atoms with van der Waals surface area (Å²) in [6.07, 6.45) is 2.36. The lowest BCUT2D eigenvalue weighted by molar-refractivity contribution is 0.0692. The standard InChI is InChI=1S/C11H12O4/c1-14-10-5-4-8(15-7-2-3-7)6-9(10)11(12)13/h4-7H,2-3H2,1H3,(H,12,13). The first-order valence-corrected chi connectivity index (χ1v) is 4.78. The molecule has 0 unspecified atom stereocenters. The molecular formula is C11H12O4. The summed E-state index contributed by atoms with van der Waals surface area (Å²) in [5.41, 5.74) is 0.135. The summed E-state index contributed by atoms with van der Waals surface area (Å²) in [5.74, 6) is -0.0607. The van der Waals surface area contributed by atoms with Crippen LogP contribution >= 0.6 is 0 Å². The van der Waals surface area contributed by atoms with E-state index in [1.807, 2.05) is 0 Å². The van der Waals surface area contributed by atoms with E-state index in [0.29, 0.717) is 11.5 Å². The lowest BCUT2D eigenvalue weighted by atomic mass is 10.2. The number of methoxy groups -OCH3 is 1. The van der Waals surface area contributed by atoms with Gasteiger partial charge in [0.1, 0.15) is 17.1 Å². The Balaban J connectivity index is 2.26. The molecule has 0 saturated heterocycles. The van der Waals surface area contributed by atoms with E-state index in [1.165, 1.54) is 13.2 Å². The van der Waals surface area contributed by atoms with Crippen molar-refractivity contribution >= 4 is 5.97 Å². The van der Waals surface area contributed by atoms with Crippen LogP contribution in [0.4, 0.5) is 0 Å². The number of hydrogen-bond donors (Lipinski definition) is 1. The molecule has 4 heteroatoms. The van der Waals surface area contributed by atoms with Gasteiger partial charge in [-0.3, -0.25) is 0 Å². The van der Waals surface area contributed by atoms with Crippen LogP contribution in [-0.2, 0) is 0 Å². The second-order valence-electron chi connectivity index (χ2n) is 3.48. The highest BCUT2D eigenvalue weighted by Gasteiger charge is 2.24. The van der Waals surface area contributed by atoms with Crippen LogP contribution in [0.15, 0.2) is 18.2 Å². The summed E-state index contributed by atoms with van der Waals surface area (Å²) in [6.45, 7) is 0. The maximum atomic E-state index is 10.9. The smallest absolute Gasteiger partial charge is 0.339 e. The van der Waals surface area contributed by atoms with E-state index in [-0.39, 0.29) is 11.7 Å². The second kappa shape index (κ2) is 3.81. The van der Waals surface area contributed by atoms with E-state index in [0.717, 1.165) is 12.8 Å². The minimum Gasteiger partial charge on any atom is -0.496 e. The van der Waals surface area contributed by atoms with Crippen molar-refractivity contribution in [3.05, 3.63) is 23.8 Å². The van der Waals surface area contributed by atoms with Gasteiger partial charge in [0.15, 0.2) is 0 Å². The Labute approximate surface area is 87.4 Å². The summed E-state index contributed by atoms with van der Waals surface area (Å²) < 4.78 is 10.4. The van der Waals surface area contributed by atoms with Crippen LogP contribution in [0.2, 0.25) is 0 Å². The summed E-state index contributed by atoms with van der Waals surface area (Å²) in [7, 11) is 1.45. The minimum absolute atomic E-state index is 0.135. The van der Waals surface area contributed by atoms with Gasteiger partial charge in [0.05, 0.1) is 13.2 Å². The summed E-state index contributed by atoms with van der Waals surface area (Å²) >= 11 is 0. The molecule has 0 spiro atoms. The lowest BCUT2D eigenvalue weighted by Crippen LogP contribution is -2.02. The Morgan fingerprint density at radius 3 is 2.73 bits per heavy atom. The number of carboxylic acid groups (broad SMARTS) is 1. The van der Waals surface area contributed by atoms with Gasteiger partial charge in [-0.25, -0.2) is 4.79 Å². The highest BCUT2D eigenvalue weighted by atomic mass is 16.5. The third-order valence-corrected chi connectivity index (χ3v) is 2.23. The quantitative estimate of drug-likeness (QED) is 0.821. The van der Waals surface area contributed by atoms with Gasteiger partial charge >= 0.3 is 5.97 Å². The van der Waals surface area contributed by atoms with Crippen molar-refractivity contribution in [2.45, 2.75) is 18.9 Å². The van der Waals surface area contributed by atoms with Crippen LogP contribution < -0.4 is 9.47 Å². The SMILES string of the molecule is COc1ccc(OC2CC2)cc1C(=O)O. The summed E-state index contributed by atoms with van der Waals surface area (Å²) in [6, 6.07) is 4.84. The van der Waals surface area contributed by atoms with Gasteiger partial charge in [-0.1, -0.05) is 0 Å². The van der Waals surface area contributed by atoms with Gasteiger partial charge in [0.25, 0.3) is 0 Å². The van der Waals surface area contributed by atoms with Gasteiger partial charge < -0.3 is 14.6 Å². The van der Waals surface area contributed by atoms with Crippen LogP contribution in [-0.4, -0.2) is 24.3 Å². The molecule has 0 heterocycles. The van der Waals surface area contributed by atoms with Crippen molar-refractivity contribution in [3.63, 3.8) is 0 Å². The monoisotopic (exact) mass is 208 g/mol. The third kappa shape index (κ3) is 2.21. The zero-order valence-electron chi connectivity index (χ0n) is 8.40. The summed E-state index contributed by atoms with van der Waals surface area (Å²) in [4.78, 5) is 10.9. The molecule has 1 fully saturated rings. The molecule has 0 aliphatic heterocycles. The highest BCUT2D eigenvalue weighted by molar-refractivity contribution is 5.91. The zero-order valence-corrected chi connectivity index (χ0v) is 8.40. The Bertz CT molecular complexity index is 382. The molecule has 15 heavy (non-hydrogen) atoms. The van der Waals surface area contributed by atoms with Gasteiger partial charge in [-0.15, -0.1) is 0 Å². The van der Waals surface area contributed by atoms with Crippen LogP contribution in [0.5, 0.6) is 11.5 Å². The number of rotatable bonds is 4. The second-order valence-corrected chi connectivity index (χ2v) is 3.48. The molecule has 0 bridgehead atoms. The normalized spacial score (nSPS) is 14.7. The molecule has 1 aromatic rings. The molecule has 0 atom stereocenters. The molecule has 0 amide bonds. The number of ether oxygens (including phenoxy) is 2. The molecule has 1 N–H and O–H groups in total. The Hall–Kier alpha value is -1.71. The number of carboxylic acids is 1. The predicted molar refractivity (Wildman–Crippen MR) is 53.6 cm³/mol. The van der Waals surface area contributed by atoms with E-state index < -0.39 is 5.97 Å². The van der Waals surface area contributed by atoms with Crippen molar-refractivity contribution < 1.29 is 19.4 Å². The van der Waals surface area contributed by atoms with Gasteiger partial charge in [0.2, 0.25) is 0 Å². The number of carbonyl (C=O) groups is 1. The van der Waals surface area contributed by atoms with Crippen LogP contribution in [0, 0.1) is 0 Å². The molecule has 1 aromatic carbocycles. The topological polar surface area (TPSA) is 55.8 Å². The molecule has 2 rings (SSSR count). The molecule has 1 aliphatic rings. The van der Waals surface area contributed by atoms with Gasteiger partial charge in [-0.05, 0) is 31.0 Å². The van der Waals surface area contributed by atoms with Crippen LogP contribution in [0.3, 0.4) is 0 Å². The molecule has 1 saturated carbocycles. The van der Waals surface area contributed by atoms with E-state index in [1.54, 1.807) is 12.1 Å². The van der Waals surface area contributed by atoms with Crippen molar-refractivity contribution in [1.82, 2.24) is 0 Å². The first-order valence-electron chi connectivity index (χ1n) is 4.78. The van der Waals surface area contributed by atoms with E-state index in [2.05, 4.69) is 0 Å². The molecule has 1 aliphatic carbocycles. The van der Waals surface area contributed by atoms with Crippen molar-refractivity contribution in [1.29, 1.82) is 0 Å². The van der Waals surface area contributed by atoms with Gasteiger partial charge in [0, 0.05) is 0 Å². The Morgan fingerprint density at radius 1 is 1.47 bits per heavy atom. The fourth-order valence-electron chi connectivity index (χ4n) is 1.31. The molecule has 4 nitrogen and oxygen atoms in total. The van der Waals surface area contributed by atoms with Crippen LogP contribution in [0.25, 0.3) is 0 Å². The fourth-order valence-corrected chi connectivity index (χ4v) is 1.31. The molecule has 0 aromatic heterocycles. The molecular weight excluding hydrogens is 196 g/mol. The van der Waals surface area contributed by atoms with Gasteiger partial charge in [-0.2, -0.15) is 0 Å². The largest absolute Gasteiger partial charge is 0.496 e. The Kier molecular flexibility index (Phi) is 2.49. The fraction of sp³-hybridized carbons (Fsp3) is 0.364. The van der Waals surface area contributed by atoms with E-state index in [9.17, 15) is 4.79 Å². The first kappa shape index (κ1) is 9.83. The predicted octanol–water partition coefficient (Wildman–Crippen LogP) is 1.93. The van der Waals surface area contributed by atoms with Crippen LogP contribution in [0.1, 0.15) is 23.2 Å². The minimum atomic E-state index is -1.01. The average Bonchev–Trinajstić information content (AvgIpc) is 3.01. The highest BCUT2D eigenvalue weighted by Crippen LogP contribution is 2.30. The number of hydrogen-bond acceptors (Lipinski definition) is 3. The summed E-state index contributed by atoms with van der Waals surface area (Å²) in [5, 5.41) is 8.94.